The van der Waals surface area contributed by atoms with Crippen molar-refractivity contribution in [2.24, 2.45) is 5.41 Å². The molecule has 2 rings (SSSR count). The van der Waals surface area contributed by atoms with Crippen LogP contribution in [0.2, 0.25) is 0 Å². The van der Waals surface area contributed by atoms with Crippen molar-refractivity contribution in [1.29, 1.82) is 0 Å². The smallest absolute Gasteiger partial charge is 0.119 e. The molecule has 3 nitrogen and oxygen atoms in total. The molecule has 1 unspecified atom stereocenters. The lowest BCUT2D eigenvalue weighted by molar-refractivity contribution is 0.149. The molecule has 1 atom stereocenters. The molecule has 112 valence electrons. The summed E-state index contributed by atoms with van der Waals surface area (Å²) in [4.78, 5) is 0. The quantitative estimate of drug-likeness (QED) is 0.771. The van der Waals surface area contributed by atoms with Crippen molar-refractivity contribution >= 4 is 15.9 Å². The number of rotatable bonds is 7. The Morgan fingerprint density at radius 2 is 2.30 bits per heavy atom. The molecule has 0 aromatic heterocycles. The third-order valence-corrected chi connectivity index (χ3v) is 4.70. The van der Waals surface area contributed by atoms with Gasteiger partial charge in [0.15, 0.2) is 0 Å². The van der Waals surface area contributed by atoms with E-state index in [9.17, 15) is 0 Å². The zero-order valence-electron chi connectivity index (χ0n) is 12.4. The molecule has 1 aromatic rings. The van der Waals surface area contributed by atoms with Crippen LogP contribution in [0.3, 0.4) is 0 Å². The highest BCUT2D eigenvalue weighted by Gasteiger charge is 2.35. The number of benzene rings is 1. The monoisotopic (exact) mass is 341 g/mol. The van der Waals surface area contributed by atoms with Gasteiger partial charge in [0.25, 0.3) is 0 Å². The molecule has 20 heavy (non-hydrogen) atoms. The second-order valence-electron chi connectivity index (χ2n) is 5.61. The third-order valence-electron chi connectivity index (χ3n) is 3.93. The van der Waals surface area contributed by atoms with Crippen LogP contribution in [0.1, 0.15) is 25.3 Å². The summed E-state index contributed by atoms with van der Waals surface area (Å²) in [5.74, 6) is 0.916. The highest BCUT2D eigenvalue weighted by molar-refractivity contribution is 9.10. The zero-order valence-corrected chi connectivity index (χ0v) is 14.0. The lowest BCUT2D eigenvalue weighted by Crippen LogP contribution is -2.37. The van der Waals surface area contributed by atoms with Gasteiger partial charge < -0.3 is 14.8 Å². The molecule has 0 amide bonds. The van der Waals surface area contributed by atoms with Gasteiger partial charge in [0, 0.05) is 23.0 Å². The van der Waals surface area contributed by atoms with Crippen molar-refractivity contribution in [2.75, 3.05) is 33.4 Å². The second-order valence-corrected chi connectivity index (χ2v) is 6.47. The van der Waals surface area contributed by atoms with Crippen molar-refractivity contribution in [1.82, 2.24) is 5.32 Å². The average molecular weight is 342 g/mol. The Kier molecular flexibility index (Phi) is 5.87. The summed E-state index contributed by atoms with van der Waals surface area (Å²) in [6.07, 6.45) is 3.30. The van der Waals surface area contributed by atoms with Gasteiger partial charge in [-0.25, -0.2) is 0 Å². The maximum absolute atomic E-state index is 5.67. The minimum atomic E-state index is 0.212. The first-order chi connectivity index (χ1) is 9.69. The van der Waals surface area contributed by atoms with E-state index in [1.54, 1.807) is 7.11 Å². The Bertz CT molecular complexity index is 430. The van der Waals surface area contributed by atoms with Gasteiger partial charge in [-0.05, 0) is 49.6 Å². The lowest BCUT2D eigenvalue weighted by atomic mass is 9.80. The molecule has 1 heterocycles. The van der Waals surface area contributed by atoms with Crippen LogP contribution in [0.5, 0.6) is 5.75 Å². The minimum Gasteiger partial charge on any atom is -0.497 e. The van der Waals surface area contributed by atoms with E-state index in [1.807, 2.05) is 6.07 Å². The van der Waals surface area contributed by atoms with Crippen LogP contribution in [0.4, 0.5) is 0 Å². The van der Waals surface area contributed by atoms with E-state index in [4.69, 9.17) is 9.47 Å². The summed E-state index contributed by atoms with van der Waals surface area (Å²) in [5.41, 5.74) is 1.51. The summed E-state index contributed by atoms with van der Waals surface area (Å²) in [5, 5.41) is 3.56. The molecule has 0 bridgehead atoms. The molecule has 0 spiro atoms. The van der Waals surface area contributed by atoms with Gasteiger partial charge in [0.1, 0.15) is 5.75 Å². The van der Waals surface area contributed by atoms with Crippen LogP contribution in [0.25, 0.3) is 0 Å². The zero-order chi connectivity index (χ0) is 14.4. The first-order valence-electron chi connectivity index (χ1n) is 7.30. The molecule has 0 radical (unpaired) electrons. The van der Waals surface area contributed by atoms with Gasteiger partial charge in [0.05, 0.1) is 13.7 Å². The number of methoxy groups -OCH3 is 1. The Balaban J connectivity index is 2.11. The molecule has 1 aliphatic rings. The fourth-order valence-electron chi connectivity index (χ4n) is 2.74. The fraction of sp³-hybridized carbons (Fsp3) is 0.625. The Labute approximate surface area is 130 Å². The predicted molar refractivity (Wildman–Crippen MR) is 85.4 cm³/mol. The van der Waals surface area contributed by atoms with E-state index in [-0.39, 0.29) is 5.41 Å². The van der Waals surface area contributed by atoms with Gasteiger partial charge in [-0.1, -0.05) is 22.9 Å². The third kappa shape index (κ3) is 3.96. The van der Waals surface area contributed by atoms with Crippen molar-refractivity contribution in [3.63, 3.8) is 0 Å². The van der Waals surface area contributed by atoms with Gasteiger partial charge >= 0.3 is 0 Å². The Morgan fingerprint density at radius 3 is 2.95 bits per heavy atom. The number of halogens is 1. The first kappa shape index (κ1) is 15.8. The molecular weight excluding hydrogens is 318 g/mol. The normalized spacial score (nSPS) is 22.1. The Morgan fingerprint density at radius 1 is 1.45 bits per heavy atom. The summed E-state index contributed by atoms with van der Waals surface area (Å²) in [6.45, 7) is 6.00. The topological polar surface area (TPSA) is 30.5 Å². The van der Waals surface area contributed by atoms with Crippen molar-refractivity contribution in [3.05, 3.63) is 28.2 Å². The van der Waals surface area contributed by atoms with Crippen molar-refractivity contribution in [2.45, 2.75) is 26.2 Å². The number of hydrogen-bond acceptors (Lipinski definition) is 3. The molecular formula is C16H24BrNO2. The molecule has 4 heteroatoms. The first-order valence-corrected chi connectivity index (χ1v) is 8.09. The predicted octanol–water partition coefficient (Wildman–Crippen LogP) is 3.41. The standard InChI is InChI=1S/C16H24BrNO2/c1-3-7-18-11-16(6-8-20-12-16)10-13-9-14(19-2)4-5-15(13)17/h4-5,9,18H,3,6-8,10-12H2,1-2H3. The van der Waals surface area contributed by atoms with Gasteiger partial charge in [0.2, 0.25) is 0 Å². The molecule has 1 aromatic carbocycles. The number of nitrogens with one attached hydrogen (secondary N) is 1. The van der Waals surface area contributed by atoms with E-state index in [0.717, 1.165) is 49.4 Å². The molecule has 0 aliphatic carbocycles. The number of ether oxygens (including phenoxy) is 2. The van der Waals surface area contributed by atoms with E-state index in [0.29, 0.717) is 0 Å². The summed E-state index contributed by atoms with van der Waals surface area (Å²) in [6, 6.07) is 6.18. The number of hydrogen-bond donors (Lipinski definition) is 1. The van der Waals surface area contributed by atoms with Crippen molar-refractivity contribution in [3.8, 4) is 5.75 Å². The van der Waals surface area contributed by atoms with Gasteiger partial charge in [-0.2, -0.15) is 0 Å². The van der Waals surface area contributed by atoms with Crippen LogP contribution < -0.4 is 10.1 Å². The SMILES string of the molecule is CCCNCC1(Cc2cc(OC)ccc2Br)CCOC1. The molecule has 1 aliphatic heterocycles. The summed E-state index contributed by atoms with van der Waals surface area (Å²) in [7, 11) is 1.71. The minimum absolute atomic E-state index is 0.212. The van der Waals surface area contributed by atoms with E-state index >= 15 is 0 Å². The largest absolute Gasteiger partial charge is 0.497 e. The second kappa shape index (κ2) is 7.43. The van der Waals surface area contributed by atoms with Crippen molar-refractivity contribution < 1.29 is 9.47 Å². The van der Waals surface area contributed by atoms with Crippen LogP contribution in [0.15, 0.2) is 22.7 Å². The van der Waals surface area contributed by atoms with E-state index < -0.39 is 0 Å². The molecule has 0 saturated carbocycles. The average Bonchev–Trinajstić information content (AvgIpc) is 2.90. The van der Waals surface area contributed by atoms with Crippen LogP contribution in [0, 0.1) is 5.41 Å². The Hall–Kier alpha value is -0.580. The van der Waals surface area contributed by atoms with Crippen LogP contribution in [-0.4, -0.2) is 33.4 Å². The van der Waals surface area contributed by atoms with E-state index in [1.165, 1.54) is 12.0 Å². The maximum Gasteiger partial charge on any atom is 0.119 e. The molecule has 1 N–H and O–H groups in total. The highest BCUT2D eigenvalue weighted by atomic mass is 79.9. The van der Waals surface area contributed by atoms with Crippen LogP contribution >= 0.6 is 15.9 Å². The highest BCUT2D eigenvalue weighted by Crippen LogP contribution is 2.35. The fourth-order valence-corrected chi connectivity index (χ4v) is 3.13. The maximum atomic E-state index is 5.67. The summed E-state index contributed by atoms with van der Waals surface area (Å²) < 4.78 is 12.2. The van der Waals surface area contributed by atoms with Crippen LogP contribution in [-0.2, 0) is 11.2 Å². The molecule has 1 fully saturated rings. The van der Waals surface area contributed by atoms with E-state index in [2.05, 4.69) is 40.3 Å². The lowest BCUT2D eigenvalue weighted by Gasteiger charge is -2.28. The molecule has 1 saturated heterocycles. The summed E-state index contributed by atoms with van der Waals surface area (Å²) >= 11 is 3.66. The van der Waals surface area contributed by atoms with Gasteiger partial charge in [-0.15, -0.1) is 0 Å². The van der Waals surface area contributed by atoms with Gasteiger partial charge in [-0.3, -0.25) is 0 Å².